The third-order valence-corrected chi connectivity index (χ3v) is 2.01. The van der Waals surface area contributed by atoms with Crippen LogP contribution >= 0.6 is 0 Å². The largest absolute Gasteiger partial charge is 0.394 e. The summed E-state index contributed by atoms with van der Waals surface area (Å²) in [5.41, 5.74) is 0. The van der Waals surface area contributed by atoms with Crippen molar-refractivity contribution in [1.29, 1.82) is 0 Å². The van der Waals surface area contributed by atoms with Crippen LogP contribution in [0.1, 0.15) is 6.42 Å². The quantitative estimate of drug-likeness (QED) is 0.498. The number of nitrogens with zero attached hydrogens (tertiary/aromatic N) is 1. The Morgan fingerprint density at radius 3 is 2.82 bits per heavy atom. The zero-order chi connectivity index (χ0) is 8.27. The van der Waals surface area contributed by atoms with Crippen LogP contribution < -0.4 is 0 Å². The number of hydrogen-bond donors (Lipinski definition) is 2. The lowest BCUT2D eigenvalue weighted by Crippen LogP contribution is -2.37. The minimum atomic E-state index is -0.424. The molecule has 0 radical (unpaired) electrons. The first kappa shape index (κ1) is 8.64. The molecule has 1 unspecified atom stereocenters. The summed E-state index contributed by atoms with van der Waals surface area (Å²) in [4.78, 5) is 12.1. The van der Waals surface area contributed by atoms with Gasteiger partial charge >= 0.3 is 0 Å². The summed E-state index contributed by atoms with van der Waals surface area (Å²) < 4.78 is 0. The van der Waals surface area contributed by atoms with Crippen LogP contribution in [0.3, 0.4) is 0 Å². The average molecular weight is 159 g/mol. The molecule has 2 atom stereocenters. The molecule has 1 fully saturated rings. The van der Waals surface area contributed by atoms with Gasteiger partial charge in [0.2, 0.25) is 0 Å². The van der Waals surface area contributed by atoms with Gasteiger partial charge in [0, 0.05) is 13.1 Å². The number of carbonyl (C=O) groups is 1. The van der Waals surface area contributed by atoms with Gasteiger partial charge in [0.15, 0.2) is 0 Å². The number of likely N-dealkylation sites (tertiary alicyclic amines) is 1. The molecule has 1 heterocycles. The molecule has 1 aliphatic rings. The summed E-state index contributed by atoms with van der Waals surface area (Å²) in [6, 6.07) is -0.424. The molecular formula is C7H13NO3. The molecule has 0 aromatic carbocycles. The van der Waals surface area contributed by atoms with Gasteiger partial charge in [-0.3, -0.25) is 4.90 Å². The zero-order valence-corrected chi connectivity index (χ0v) is 6.31. The first-order chi connectivity index (χ1) is 5.27. The molecule has 4 nitrogen and oxygen atoms in total. The second-order valence-electron chi connectivity index (χ2n) is 2.82. The van der Waals surface area contributed by atoms with E-state index in [1.165, 1.54) is 0 Å². The van der Waals surface area contributed by atoms with Gasteiger partial charge in [-0.1, -0.05) is 0 Å². The molecule has 1 rings (SSSR count). The Labute approximate surface area is 65.4 Å². The molecule has 11 heavy (non-hydrogen) atoms. The molecule has 0 aromatic heterocycles. The number of rotatable bonds is 3. The van der Waals surface area contributed by atoms with E-state index in [-0.39, 0.29) is 12.7 Å². The first-order valence-corrected chi connectivity index (χ1v) is 3.76. The van der Waals surface area contributed by atoms with Gasteiger partial charge in [-0.2, -0.15) is 0 Å². The minimum Gasteiger partial charge on any atom is -0.394 e. The van der Waals surface area contributed by atoms with Crippen molar-refractivity contribution in [2.45, 2.75) is 18.6 Å². The summed E-state index contributed by atoms with van der Waals surface area (Å²) in [5.74, 6) is 0. The van der Waals surface area contributed by atoms with Crippen LogP contribution in [0.5, 0.6) is 0 Å². The van der Waals surface area contributed by atoms with Gasteiger partial charge in [-0.05, 0) is 6.42 Å². The third kappa shape index (κ3) is 1.99. The van der Waals surface area contributed by atoms with Gasteiger partial charge in [-0.25, -0.2) is 0 Å². The van der Waals surface area contributed by atoms with Crippen molar-refractivity contribution in [3.8, 4) is 0 Å². The predicted octanol–water partition coefficient (Wildman–Crippen LogP) is -1.39. The van der Waals surface area contributed by atoms with E-state index in [1.807, 2.05) is 0 Å². The van der Waals surface area contributed by atoms with Gasteiger partial charge in [-0.15, -0.1) is 0 Å². The van der Waals surface area contributed by atoms with Crippen molar-refractivity contribution in [3.05, 3.63) is 0 Å². The van der Waals surface area contributed by atoms with Crippen LogP contribution in [0.4, 0.5) is 0 Å². The van der Waals surface area contributed by atoms with Crippen LogP contribution in [0.15, 0.2) is 0 Å². The fraction of sp³-hybridized carbons (Fsp3) is 0.857. The van der Waals surface area contributed by atoms with E-state index in [4.69, 9.17) is 10.2 Å². The van der Waals surface area contributed by atoms with Crippen molar-refractivity contribution in [2.75, 3.05) is 19.7 Å². The number of aliphatic hydroxyl groups excluding tert-OH is 2. The molecular weight excluding hydrogens is 146 g/mol. The summed E-state index contributed by atoms with van der Waals surface area (Å²) in [7, 11) is 0. The smallest absolute Gasteiger partial charge is 0.139 e. The minimum absolute atomic E-state index is 0.157. The van der Waals surface area contributed by atoms with Crippen molar-refractivity contribution in [2.24, 2.45) is 0 Å². The molecule has 0 aliphatic carbocycles. The molecule has 0 saturated carbocycles. The van der Waals surface area contributed by atoms with Crippen LogP contribution in [-0.2, 0) is 4.79 Å². The maximum absolute atomic E-state index is 10.3. The lowest BCUT2D eigenvalue weighted by Gasteiger charge is -2.19. The van der Waals surface area contributed by atoms with E-state index in [1.54, 1.807) is 4.90 Å². The topological polar surface area (TPSA) is 60.8 Å². The van der Waals surface area contributed by atoms with Crippen molar-refractivity contribution >= 4 is 6.29 Å². The maximum atomic E-state index is 10.3. The molecule has 0 amide bonds. The Morgan fingerprint density at radius 2 is 2.45 bits per heavy atom. The van der Waals surface area contributed by atoms with Crippen LogP contribution in [0, 0.1) is 0 Å². The highest BCUT2D eigenvalue weighted by molar-refractivity contribution is 5.57. The lowest BCUT2D eigenvalue weighted by atomic mass is 10.3. The SMILES string of the molecule is O=C[C@@H](CO)N1CCC(O)C1. The number of aliphatic hydroxyl groups is 2. The molecule has 1 saturated heterocycles. The molecule has 64 valence electrons. The van der Waals surface area contributed by atoms with Crippen LogP contribution in [-0.4, -0.2) is 53.2 Å². The molecule has 1 aliphatic heterocycles. The van der Waals surface area contributed by atoms with Gasteiger partial charge < -0.3 is 15.0 Å². The molecule has 2 N–H and O–H groups in total. The number of aldehydes is 1. The highest BCUT2D eigenvalue weighted by Gasteiger charge is 2.25. The Kier molecular flexibility index (Phi) is 2.99. The molecule has 0 aromatic rings. The predicted molar refractivity (Wildman–Crippen MR) is 39.1 cm³/mol. The normalized spacial score (nSPS) is 28.7. The van der Waals surface area contributed by atoms with Crippen molar-refractivity contribution in [3.63, 3.8) is 0 Å². The summed E-state index contributed by atoms with van der Waals surface area (Å²) >= 11 is 0. The lowest BCUT2D eigenvalue weighted by molar-refractivity contribution is -0.113. The maximum Gasteiger partial charge on any atom is 0.139 e. The molecule has 0 bridgehead atoms. The monoisotopic (exact) mass is 159 g/mol. The molecule has 0 spiro atoms. The van der Waals surface area contributed by atoms with Gasteiger partial charge in [0.1, 0.15) is 6.29 Å². The second kappa shape index (κ2) is 3.80. The molecule has 4 heteroatoms. The highest BCUT2D eigenvalue weighted by Crippen LogP contribution is 2.10. The fourth-order valence-electron chi connectivity index (χ4n) is 1.31. The van der Waals surface area contributed by atoms with E-state index < -0.39 is 6.04 Å². The first-order valence-electron chi connectivity index (χ1n) is 3.76. The third-order valence-electron chi connectivity index (χ3n) is 2.01. The van der Waals surface area contributed by atoms with Crippen molar-refractivity contribution < 1.29 is 15.0 Å². The van der Waals surface area contributed by atoms with Crippen molar-refractivity contribution in [1.82, 2.24) is 4.90 Å². The van der Waals surface area contributed by atoms with E-state index >= 15 is 0 Å². The summed E-state index contributed by atoms with van der Waals surface area (Å²) in [6.07, 6.45) is 1.09. The van der Waals surface area contributed by atoms with Gasteiger partial charge in [0.25, 0.3) is 0 Å². The van der Waals surface area contributed by atoms with Crippen LogP contribution in [0.2, 0.25) is 0 Å². The number of hydrogen-bond acceptors (Lipinski definition) is 4. The van der Waals surface area contributed by atoms with Crippen LogP contribution in [0.25, 0.3) is 0 Å². The van der Waals surface area contributed by atoms with E-state index in [0.29, 0.717) is 19.5 Å². The Morgan fingerprint density at radius 1 is 1.73 bits per heavy atom. The summed E-state index contributed by atoms with van der Waals surface area (Å²) in [6.45, 7) is 1.05. The summed E-state index contributed by atoms with van der Waals surface area (Å²) in [5, 5.41) is 17.8. The van der Waals surface area contributed by atoms with Gasteiger partial charge in [0.05, 0.1) is 18.8 Å². The highest BCUT2D eigenvalue weighted by atomic mass is 16.3. The second-order valence-corrected chi connectivity index (χ2v) is 2.82. The number of β-amino-alcohol motifs (C(OH)–C–C–N with tert-alkyl or cyclic N) is 1. The Bertz CT molecular complexity index is 140. The van der Waals surface area contributed by atoms with E-state index in [9.17, 15) is 4.79 Å². The number of carbonyl (C=O) groups excluding carboxylic acids is 1. The van der Waals surface area contributed by atoms with E-state index in [0.717, 1.165) is 6.29 Å². The zero-order valence-electron chi connectivity index (χ0n) is 6.31. The average Bonchev–Trinajstić information content (AvgIpc) is 2.39. The fourth-order valence-corrected chi connectivity index (χ4v) is 1.31. The Balaban J connectivity index is 2.40. The van der Waals surface area contributed by atoms with E-state index in [2.05, 4.69) is 0 Å². The Hall–Kier alpha value is -0.450. The standard InChI is InChI=1S/C7H13NO3/c9-4-6(5-10)8-2-1-7(11)3-8/h4,6-7,10-11H,1-3,5H2/t6-,7?/m0/s1.